The SMILES string of the molecule is CCc1oncc1/C=C/c1ccc([N+](=O)[O-])cc1. The zero-order valence-electron chi connectivity index (χ0n) is 9.87. The minimum absolute atomic E-state index is 0.0892. The molecule has 1 heterocycles. The van der Waals surface area contributed by atoms with Crippen LogP contribution in [0.4, 0.5) is 5.69 Å². The third-order valence-electron chi connectivity index (χ3n) is 2.56. The fourth-order valence-corrected chi connectivity index (χ4v) is 1.57. The maximum Gasteiger partial charge on any atom is 0.269 e. The molecule has 2 rings (SSSR count). The number of aromatic nitrogens is 1. The number of nitro benzene ring substituents is 1. The Hall–Kier alpha value is -2.43. The molecule has 92 valence electrons. The molecule has 2 aromatic rings. The molecule has 18 heavy (non-hydrogen) atoms. The summed E-state index contributed by atoms with van der Waals surface area (Å²) in [7, 11) is 0. The number of non-ortho nitro benzene ring substituents is 1. The lowest BCUT2D eigenvalue weighted by atomic mass is 10.1. The highest BCUT2D eigenvalue weighted by Gasteiger charge is 2.03. The molecule has 0 unspecified atom stereocenters. The van der Waals surface area contributed by atoms with Crippen LogP contribution in [0, 0.1) is 10.1 Å². The van der Waals surface area contributed by atoms with E-state index < -0.39 is 4.92 Å². The molecule has 1 aromatic heterocycles. The zero-order chi connectivity index (χ0) is 13.0. The second kappa shape index (κ2) is 5.27. The predicted octanol–water partition coefficient (Wildman–Crippen LogP) is 3.32. The van der Waals surface area contributed by atoms with Crippen molar-refractivity contribution in [1.82, 2.24) is 5.16 Å². The lowest BCUT2D eigenvalue weighted by Gasteiger charge is -1.94. The maximum absolute atomic E-state index is 10.5. The highest BCUT2D eigenvalue weighted by atomic mass is 16.6. The lowest BCUT2D eigenvalue weighted by molar-refractivity contribution is -0.384. The van der Waals surface area contributed by atoms with E-state index in [1.165, 1.54) is 12.1 Å². The summed E-state index contributed by atoms with van der Waals surface area (Å²) < 4.78 is 5.06. The van der Waals surface area contributed by atoms with E-state index in [-0.39, 0.29) is 5.69 Å². The number of benzene rings is 1. The highest BCUT2D eigenvalue weighted by molar-refractivity contribution is 5.70. The van der Waals surface area contributed by atoms with Gasteiger partial charge in [-0.3, -0.25) is 10.1 Å². The molecule has 0 amide bonds. The standard InChI is InChI=1S/C13H12N2O3/c1-2-13-11(9-14-18-13)6-3-10-4-7-12(8-5-10)15(16)17/h3-9H,2H2,1H3/b6-3+. The fraction of sp³-hybridized carbons (Fsp3) is 0.154. The summed E-state index contributed by atoms with van der Waals surface area (Å²) in [6.07, 6.45) is 6.19. The quantitative estimate of drug-likeness (QED) is 0.611. The van der Waals surface area contributed by atoms with Crippen molar-refractivity contribution in [2.24, 2.45) is 0 Å². The molecular weight excluding hydrogens is 232 g/mol. The fourth-order valence-electron chi connectivity index (χ4n) is 1.57. The molecule has 0 bridgehead atoms. The normalized spacial score (nSPS) is 10.9. The number of hydrogen-bond acceptors (Lipinski definition) is 4. The van der Waals surface area contributed by atoms with Gasteiger partial charge in [-0.25, -0.2) is 0 Å². The molecule has 0 saturated heterocycles. The van der Waals surface area contributed by atoms with Crippen molar-refractivity contribution < 1.29 is 9.45 Å². The first-order valence-electron chi connectivity index (χ1n) is 5.57. The zero-order valence-corrected chi connectivity index (χ0v) is 9.87. The molecule has 0 aliphatic carbocycles. The van der Waals surface area contributed by atoms with Crippen molar-refractivity contribution in [1.29, 1.82) is 0 Å². The van der Waals surface area contributed by atoms with Gasteiger partial charge in [-0.15, -0.1) is 0 Å². The van der Waals surface area contributed by atoms with Crippen LogP contribution in [0.1, 0.15) is 23.8 Å². The molecule has 0 spiro atoms. The van der Waals surface area contributed by atoms with Gasteiger partial charge < -0.3 is 4.52 Å². The second-order valence-electron chi connectivity index (χ2n) is 3.74. The van der Waals surface area contributed by atoms with Gasteiger partial charge in [-0.2, -0.15) is 0 Å². The lowest BCUT2D eigenvalue weighted by Crippen LogP contribution is -1.86. The number of nitrogens with zero attached hydrogens (tertiary/aromatic N) is 2. The highest BCUT2D eigenvalue weighted by Crippen LogP contribution is 2.16. The van der Waals surface area contributed by atoms with E-state index in [0.717, 1.165) is 23.3 Å². The average Bonchev–Trinajstić information content (AvgIpc) is 2.84. The molecule has 5 heteroatoms. The van der Waals surface area contributed by atoms with Crippen LogP contribution in [-0.4, -0.2) is 10.1 Å². The second-order valence-corrected chi connectivity index (χ2v) is 3.74. The predicted molar refractivity (Wildman–Crippen MR) is 67.9 cm³/mol. The van der Waals surface area contributed by atoms with E-state index in [1.807, 2.05) is 19.1 Å². The number of aryl methyl sites for hydroxylation is 1. The summed E-state index contributed by atoms with van der Waals surface area (Å²) in [4.78, 5) is 10.1. The Morgan fingerprint density at radius 3 is 2.67 bits per heavy atom. The third kappa shape index (κ3) is 2.63. The van der Waals surface area contributed by atoms with Gasteiger partial charge in [-0.1, -0.05) is 18.2 Å². The number of hydrogen-bond donors (Lipinski definition) is 0. The summed E-state index contributed by atoms with van der Waals surface area (Å²) in [5, 5.41) is 14.2. The van der Waals surface area contributed by atoms with E-state index >= 15 is 0 Å². The van der Waals surface area contributed by atoms with Gasteiger partial charge in [0.05, 0.1) is 11.1 Å². The minimum atomic E-state index is -0.414. The summed E-state index contributed by atoms with van der Waals surface area (Å²) in [5.74, 6) is 0.827. The van der Waals surface area contributed by atoms with E-state index in [1.54, 1.807) is 18.3 Å². The molecule has 0 aliphatic heterocycles. The van der Waals surface area contributed by atoms with Crippen LogP contribution in [0.25, 0.3) is 12.2 Å². The van der Waals surface area contributed by atoms with Crippen molar-refractivity contribution in [3.8, 4) is 0 Å². The summed E-state index contributed by atoms with van der Waals surface area (Å²) >= 11 is 0. The largest absolute Gasteiger partial charge is 0.361 e. The molecule has 0 fully saturated rings. The van der Waals surface area contributed by atoms with Crippen LogP contribution < -0.4 is 0 Å². The van der Waals surface area contributed by atoms with Crippen molar-refractivity contribution in [2.45, 2.75) is 13.3 Å². The molecule has 0 radical (unpaired) electrons. The van der Waals surface area contributed by atoms with Gasteiger partial charge in [0.25, 0.3) is 5.69 Å². The Kier molecular flexibility index (Phi) is 3.52. The van der Waals surface area contributed by atoms with Crippen molar-refractivity contribution in [3.05, 3.63) is 57.5 Å². The van der Waals surface area contributed by atoms with Gasteiger partial charge in [0.2, 0.25) is 0 Å². The van der Waals surface area contributed by atoms with E-state index in [9.17, 15) is 10.1 Å². The van der Waals surface area contributed by atoms with Gasteiger partial charge in [0.1, 0.15) is 5.76 Å². The summed E-state index contributed by atoms with van der Waals surface area (Å²) in [6.45, 7) is 1.99. The minimum Gasteiger partial charge on any atom is -0.361 e. The van der Waals surface area contributed by atoms with Crippen molar-refractivity contribution in [2.75, 3.05) is 0 Å². The molecule has 0 aliphatic rings. The topological polar surface area (TPSA) is 69.2 Å². The number of nitro groups is 1. The smallest absolute Gasteiger partial charge is 0.269 e. The molecule has 0 N–H and O–H groups in total. The first-order chi connectivity index (χ1) is 8.70. The first-order valence-corrected chi connectivity index (χ1v) is 5.57. The van der Waals surface area contributed by atoms with Crippen molar-refractivity contribution >= 4 is 17.8 Å². The summed E-state index contributed by atoms with van der Waals surface area (Å²) in [6, 6.07) is 6.36. The molecule has 1 aromatic carbocycles. The van der Waals surface area contributed by atoms with Gasteiger partial charge in [0, 0.05) is 24.1 Å². The van der Waals surface area contributed by atoms with Crippen LogP contribution in [0.15, 0.2) is 35.0 Å². The van der Waals surface area contributed by atoms with Gasteiger partial charge in [0.15, 0.2) is 0 Å². The maximum atomic E-state index is 10.5. The van der Waals surface area contributed by atoms with Gasteiger partial charge in [-0.05, 0) is 23.8 Å². The van der Waals surface area contributed by atoms with E-state index in [2.05, 4.69) is 5.16 Å². The van der Waals surface area contributed by atoms with Crippen molar-refractivity contribution in [3.63, 3.8) is 0 Å². The Balaban J connectivity index is 2.16. The Labute approximate surface area is 104 Å². The Morgan fingerprint density at radius 1 is 1.33 bits per heavy atom. The van der Waals surface area contributed by atoms with Crippen LogP contribution in [0.2, 0.25) is 0 Å². The number of rotatable bonds is 4. The van der Waals surface area contributed by atoms with Crippen LogP contribution in [0.5, 0.6) is 0 Å². The Bertz CT molecular complexity index is 570. The van der Waals surface area contributed by atoms with Crippen LogP contribution in [-0.2, 0) is 6.42 Å². The molecular formula is C13H12N2O3. The molecule has 5 nitrogen and oxygen atoms in total. The molecule has 0 saturated carbocycles. The van der Waals surface area contributed by atoms with E-state index in [4.69, 9.17) is 4.52 Å². The Morgan fingerprint density at radius 2 is 2.06 bits per heavy atom. The molecule has 0 atom stereocenters. The third-order valence-corrected chi connectivity index (χ3v) is 2.56. The summed E-state index contributed by atoms with van der Waals surface area (Å²) in [5.41, 5.74) is 1.91. The first kappa shape index (κ1) is 12.0. The van der Waals surface area contributed by atoms with Crippen LogP contribution in [0.3, 0.4) is 0 Å². The van der Waals surface area contributed by atoms with Gasteiger partial charge >= 0.3 is 0 Å². The average molecular weight is 244 g/mol. The monoisotopic (exact) mass is 244 g/mol. The van der Waals surface area contributed by atoms with Crippen LogP contribution >= 0.6 is 0 Å². The van der Waals surface area contributed by atoms with E-state index in [0.29, 0.717) is 0 Å².